The SMILES string of the molecule is CCc1c(C)c(C)c2c(c1C)CCC(C)O2. The lowest BCUT2D eigenvalue weighted by Crippen LogP contribution is -2.21. The Hall–Kier alpha value is -0.980. The molecule has 1 nitrogen and oxygen atoms in total. The van der Waals surface area contributed by atoms with Gasteiger partial charge < -0.3 is 4.74 Å². The van der Waals surface area contributed by atoms with Gasteiger partial charge in [-0.2, -0.15) is 0 Å². The molecule has 1 aromatic rings. The summed E-state index contributed by atoms with van der Waals surface area (Å²) >= 11 is 0. The summed E-state index contributed by atoms with van der Waals surface area (Å²) in [6, 6.07) is 0. The van der Waals surface area contributed by atoms with Crippen LogP contribution < -0.4 is 4.74 Å². The zero-order valence-electron chi connectivity index (χ0n) is 11.1. The molecule has 1 aliphatic heterocycles. The van der Waals surface area contributed by atoms with Crippen molar-refractivity contribution in [3.8, 4) is 5.75 Å². The lowest BCUT2D eigenvalue weighted by molar-refractivity contribution is 0.190. The van der Waals surface area contributed by atoms with E-state index in [9.17, 15) is 0 Å². The number of ether oxygens (including phenoxy) is 1. The first kappa shape index (κ1) is 11.5. The lowest BCUT2D eigenvalue weighted by atomic mass is 9.87. The summed E-state index contributed by atoms with van der Waals surface area (Å²) < 4.78 is 6.02. The number of hydrogen-bond acceptors (Lipinski definition) is 1. The van der Waals surface area contributed by atoms with Gasteiger partial charge in [-0.3, -0.25) is 0 Å². The largest absolute Gasteiger partial charge is 0.490 e. The van der Waals surface area contributed by atoms with Gasteiger partial charge in [-0.15, -0.1) is 0 Å². The van der Waals surface area contributed by atoms with Gasteiger partial charge in [0, 0.05) is 0 Å². The molecule has 0 fully saturated rings. The second-order valence-corrected chi connectivity index (χ2v) is 4.98. The standard InChI is InChI=1S/C15H22O/c1-6-13-10(3)11(4)15-14(12(13)5)8-7-9(2)16-15/h9H,6-8H2,1-5H3. The van der Waals surface area contributed by atoms with Crippen molar-refractivity contribution in [2.45, 2.75) is 60.0 Å². The molecule has 1 heteroatoms. The van der Waals surface area contributed by atoms with E-state index in [2.05, 4.69) is 34.6 Å². The van der Waals surface area contributed by atoms with Gasteiger partial charge in [0.05, 0.1) is 6.10 Å². The minimum atomic E-state index is 0.373. The highest BCUT2D eigenvalue weighted by Crippen LogP contribution is 2.37. The molecule has 0 spiro atoms. The fraction of sp³-hybridized carbons (Fsp3) is 0.600. The second-order valence-electron chi connectivity index (χ2n) is 4.98. The van der Waals surface area contributed by atoms with Crippen molar-refractivity contribution in [1.29, 1.82) is 0 Å². The minimum absolute atomic E-state index is 0.373. The van der Waals surface area contributed by atoms with E-state index in [-0.39, 0.29) is 0 Å². The second kappa shape index (κ2) is 4.12. The Labute approximate surface area is 98.8 Å². The predicted octanol–water partition coefficient (Wildman–Crippen LogP) is 3.89. The van der Waals surface area contributed by atoms with E-state index in [4.69, 9.17) is 4.74 Å². The van der Waals surface area contributed by atoms with Gasteiger partial charge in [0.25, 0.3) is 0 Å². The molecule has 0 aromatic heterocycles. The molecule has 16 heavy (non-hydrogen) atoms. The van der Waals surface area contributed by atoms with Crippen molar-refractivity contribution in [2.24, 2.45) is 0 Å². The van der Waals surface area contributed by atoms with Gasteiger partial charge in [0.15, 0.2) is 0 Å². The Morgan fingerprint density at radius 2 is 1.81 bits per heavy atom. The van der Waals surface area contributed by atoms with E-state index in [0.29, 0.717) is 6.10 Å². The van der Waals surface area contributed by atoms with Gasteiger partial charge in [-0.25, -0.2) is 0 Å². The van der Waals surface area contributed by atoms with Gasteiger partial charge in [0.1, 0.15) is 5.75 Å². The van der Waals surface area contributed by atoms with E-state index in [0.717, 1.165) is 12.8 Å². The molecule has 0 bridgehead atoms. The molecule has 1 heterocycles. The summed E-state index contributed by atoms with van der Waals surface area (Å²) in [5.41, 5.74) is 7.22. The average Bonchev–Trinajstić information content (AvgIpc) is 2.27. The average molecular weight is 218 g/mol. The number of benzene rings is 1. The van der Waals surface area contributed by atoms with Gasteiger partial charge in [0.2, 0.25) is 0 Å². The minimum Gasteiger partial charge on any atom is -0.490 e. The Kier molecular flexibility index (Phi) is 2.96. The van der Waals surface area contributed by atoms with Crippen LogP contribution in [0.3, 0.4) is 0 Å². The first-order valence-electron chi connectivity index (χ1n) is 6.34. The molecule has 2 rings (SSSR count). The maximum atomic E-state index is 6.02. The molecule has 0 saturated carbocycles. The topological polar surface area (TPSA) is 9.23 Å². The highest BCUT2D eigenvalue weighted by atomic mass is 16.5. The van der Waals surface area contributed by atoms with Crippen LogP contribution in [-0.4, -0.2) is 6.10 Å². The van der Waals surface area contributed by atoms with Crippen LogP contribution in [0.1, 0.15) is 48.1 Å². The first-order valence-corrected chi connectivity index (χ1v) is 6.34. The van der Waals surface area contributed by atoms with Crippen molar-refractivity contribution in [3.05, 3.63) is 27.8 Å². The van der Waals surface area contributed by atoms with E-state index >= 15 is 0 Å². The van der Waals surface area contributed by atoms with Gasteiger partial charge in [-0.05, 0) is 74.8 Å². The van der Waals surface area contributed by atoms with Crippen LogP contribution in [0, 0.1) is 20.8 Å². The van der Waals surface area contributed by atoms with Crippen molar-refractivity contribution in [1.82, 2.24) is 0 Å². The smallest absolute Gasteiger partial charge is 0.126 e. The maximum Gasteiger partial charge on any atom is 0.126 e. The third-order valence-corrected chi connectivity index (χ3v) is 4.01. The summed E-state index contributed by atoms with van der Waals surface area (Å²) in [4.78, 5) is 0. The summed E-state index contributed by atoms with van der Waals surface area (Å²) in [6.07, 6.45) is 3.83. The molecule has 0 radical (unpaired) electrons. The van der Waals surface area contributed by atoms with Crippen molar-refractivity contribution in [3.63, 3.8) is 0 Å². The Morgan fingerprint density at radius 3 is 2.44 bits per heavy atom. The normalized spacial score (nSPS) is 19.2. The molecule has 0 aliphatic carbocycles. The maximum absolute atomic E-state index is 6.02. The van der Waals surface area contributed by atoms with Crippen LogP contribution in [0.4, 0.5) is 0 Å². The first-order chi connectivity index (χ1) is 7.56. The van der Waals surface area contributed by atoms with Gasteiger partial charge >= 0.3 is 0 Å². The van der Waals surface area contributed by atoms with E-state index in [1.807, 2.05) is 0 Å². The molecular formula is C15H22O. The van der Waals surface area contributed by atoms with E-state index in [1.165, 1.54) is 40.0 Å². The summed E-state index contributed by atoms with van der Waals surface area (Å²) in [5.74, 6) is 1.17. The number of rotatable bonds is 1. The fourth-order valence-electron chi connectivity index (χ4n) is 2.86. The number of fused-ring (bicyclic) bond motifs is 1. The quantitative estimate of drug-likeness (QED) is 0.695. The third-order valence-electron chi connectivity index (χ3n) is 4.01. The van der Waals surface area contributed by atoms with E-state index in [1.54, 1.807) is 0 Å². The zero-order chi connectivity index (χ0) is 11.9. The van der Waals surface area contributed by atoms with Crippen LogP contribution >= 0.6 is 0 Å². The molecule has 88 valence electrons. The Morgan fingerprint density at radius 1 is 1.12 bits per heavy atom. The Balaban J connectivity index is 2.64. The molecule has 1 unspecified atom stereocenters. The van der Waals surface area contributed by atoms with Crippen molar-refractivity contribution < 1.29 is 4.74 Å². The molecule has 0 amide bonds. The zero-order valence-corrected chi connectivity index (χ0v) is 11.1. The molecule has 0 saturated heterocycles. The molecule has 1 aromatic carbocycles. The fourth-order valence-corrected chi connectivity index (χ4v) is 2.86. The molecular weight excluding hydrogens is 196 g/mol. The van der Waals surface area contributed by atoms with Crippen LogP contribution in [0.15, 0.2) is 0 Å². The number of hydrogen-bond donors (Lipinski definition) is 0. The van der Waals surface area contributed by atoms with Crippen molar-refractivity contribution in [2.75, 3.05) is 0 Å². The summed E-state index contributed by atoms with van der Waals surface area (Å²) in [7, 11) is 0. The third kappa shape index (κ3) is 1.63. The summed E-state index contributed by atoms with van der Waals surface area (Å²) in [6.45, 7) is 11.1. The van der Waals surface area contributed by atoms with Crippen molar-refractivity contribution >= 4 is 0 Å². The Bertz CT molecular complexity index is 418. The predicted molar refractivity (Wildman–Crippen MR) is 68.4 cm³/mol. The van der Waals surface area contributed by atoms with Crippen LogP contribution in [-0.2, 0) is 12.8 Å². The van der Waals surface area contributed by atoms with Gasteiger partial charge in [-0.1, -0.05) is 6.92 Å². The lowest BCUT2D eigenvalue weighted by Gasteiger charge is -2.29. The highest BCUT2D eigenvalue weighted by molar-refractivity contribution is 5.55. The molecule has 1 aliphatic rings. The highest BCUT2D eigenvalue weighted by Gasteiger charge is 2.23. The molecule has 1 atom stereocenters. The summed E-state index contributed by atoms with van der Waals surface area (Å²) in [5, 5.41) is 0. The van der Waals surface area contributed by atoms with Crippen LogP contribution in [0.25, 0.3) is 0 Å². The van der Waals surface area contributed by atoms with Crippen LogP contribution in [0.5, 0.6) is 5.75 Å². The van der Waals surface area contributed by atoms with Crippen LogP contribution in [0.2, 0.25) is 0 Å². The van der Waals surface area contributed by atoms with E-state index < -0.39 is 0 Å². The monoisotopic (exact) mass is 218 g/mol. The molecule has 0 N–H and O–H groups in total.